The molecular formula is C17H23FN2O2. The molecule has 0 saturated carbocycles. The number of β-amino-alcohol motifs (C(OH)–C–C–N with tert-alkyl or cyclic N) is 1. The number of halogens is 1. The lowest BCUT2D eigenvalue weighted by Crippen LogP contribution is -2.47. The van der Waals surface area contributed by atoms with Gasteiger partial charge in [-0.25, -0.2) is 4.39 Å². The Labute approximate surface area is 130 Å². The number of amides is 1. The summed E-state index contributed by atoms with van der Waals surface area (Å²) in [5.41, 5.74) is 1.03. The van der Waals surface area contributed by atoms with Crippen LogP contribution in [-0.4, -0.2) is 47.7 Å². The smallest absolute Gasteiger partial charge is 0.239 e. The first-order chi connectivity index (χ1) is 10.6. The summed E-state index contributed by atoms with van der Waals surface area (Å²) in [6.45, 7) is 2.02. The number of hydrogen-bond acceptors (Lipinski definition) is 3. The quantitative estimate of drug-likeness (QED) is 0.886. The number of aliphatic hydroxyl groups excluding tert-OH is 1. The van der Waals surface area contributed by atoms with Crippen molar-refractivity contribution in [1.82, 2.24) is 10.2 Å². The van der Waals surface area contributed by atoms with E-state index in [0.717, 1.165) is 37.9 Å². The van der Waals surface area contributed by atoms with Crippen LogP contribution in [0.1, 0.15) is 24.8 Å². The second-order valence-corrected chi connectivity index (χ2v) is 6.45. The van der Waals surface area contributed by atoms with Crippen LogP contribution in [0, 0.1) is 11.7 Å². The van der Waals surface area contributed by atoms with E-state index in [2.05, 4.69) is 5.32 Å². The molecule has 0 radical (unpaired) electrons. The van der Waals surface area contributed by atoms with Gasteiger partial charge in [-0.15, -0.1) is 0 Å². The van der Waals surface area contributed by atoms with Crippen LogP contribution in [0.3, 0.4) is 0 Å². The summed E-state index contributed by atoms with van der Waals surface area (Å²) in [6, 6.07) is 6.55. The van der Waals surface area contributed by atoms with Crippen LogP contribution in [-0.2, 0) is 11.2 Å². The third-order valence-corrected chi connectivity index (χ3v) is 4.75. The van der Waals surface area contributed by atoms with Gasteiger partial charge in [-0.2, -0.15) is 0 Å². The molecule has 4 nitrogen and oxygen atoms in total. The monoisotopic (exact) mass is 306 g/mol. The van der Waals surface area contributed by atoms with E-state index in [0.29, 0.717) is 18.9 Å². The summed E-state index contributed by atoms with van der Waals surface area (Å²) >= 11 is 0. The van der Waals surface area contributed by atoms with Gasteiger partial charge in [0.1, 0.15) is 5.82 Å². The molecule has 0 aromatic heterocycles. The van der Waals surface area contributed by atoms with E-state index in [1.165, 1.54) is 6.07 Å². The van der Waals surface area contributed by atoms with Crippen molar-refractivity contribution in [2.45, 2.75) is 37.8 Å². The normalized spacial score (nSPS) is 26.4. The van der Waals surface area contributed by atoms with E-state index in [1.54, 1.807) is 12.1 Å². The number of benzene rings is 1. The molecule has 2 atom stereocenters. The van der Waals surface area contributed by atoms with Crippen molar-refractivity contribution in [2.75, 3.05) is 19.6 Å². The molecule has 1 aromatic rings. The van der Waals surface area contributed by atoms with Gasteiger partial charge in [0.2, 0.25) is 5.91 Å². The number of piperidine rings is 1. The van der Waals surface area contributed by atoms with Crippen molar-refractivity contribution in [2.24, 2.45) is 5.92 Å². The van der Waals surface area contributed by atoms with E-state index in [1.807, 2.05) is 11.0 Å². The maximum Gasteiger partial charge on any atom is 0.239 e. The van der Waals surface area contributed by atoms with Gasteiger partial charge in [0.05, 0.1) is 12.1 Å². The fourth-order valence-electron chi connectivity index (χ4n) is 3.48. The molecule has 2 saturated heterocycles. The number of nitrogens with zero attached hydrogens (tertiary/aromatic N) is 1. The Morgan fingerprint density at radius 1 is 1.36 bits per heavy atom. The maximum absolute atomic E-state index is 13.2. The zero-order valence-electron chi connectivity index (χ0n) is 12.7. The third-order valence-electron chi connectivity index (χ3n) is 4.75. The number of aliphatic hydroxyl groups is 1. The molecular weight excluding hydrogens is 283 g/mol. The summed E-state index contributed by atoms with van der Waals surface area (Å²) in [7, 11) is 0. The summed E-state index contributed by atoms with van der Waals surface area (Å²) in [5.74, 6) is 0.435. The molecule has 2 aliphatic rings. The summed E-state index contributed by atoms with van der Waals surface area (Å²) in [4.78, 5) is 14.3. The van der Waals surface area contributed by atoms with Crippen molar-refractivity contribution < 1.29 is 14.3 Å². The Hall–Kier alpha value is -1.46. The van der Waals surface area contributed by atoms with E-state index >= 15 is 0 Å². The second kappa shape index (κ2) is 6.75. The molecule has 3 rings (SSSR count). The standard InChI is InChI=1S/C17H23FN2O2/c18-14-3-1-2-13(9-14)8-12-4-6-20(7-5-12)17(22)16-10-15(21)11-19-16/h1-3,9,12,15-16,19,21H,4-8,10-11H2/t15-,16+/m0/s1. The fraction of sp³-hybridized carbons (Fsp3) is 0.588. The minimum Gasteiger partial charge on any atom is -0.392 e. The van der Waals surface area contributed by atoms with Gasteiger partial charge in [0, 0.05) is 19.6 Å². The second-order valence-electron chi connectivity index (χ2n) is 6.45. The van der Waals surface area contributed by atoms with Gasteiger partial charge in [0.15, 0.2) is 0 Å². The van der Waals surface area contributed by atoms with Gasteiger partial charge < -0.3 is 15.3 Å². The Kier molecular flexibility index (Phi) is 4.74. The molecule has 2 aliphatic heterocycles. The molecule has 0 spiro atoms. The molecule has 22 heavy (non-hydrogen) atoms. The SMILES string of the molecule is O=C([C@H]1C[C@H](O)CN1)N1CCC(Cc2cccc(F)c2)CC1. The lowest BCUT2D eigenvalue weighted by atomic mass is 9.90. The molecule has 0 aliphatic carbocycles. The van der Waals surface area contributed by atoms with Gasteiger partial charge in [-0.05, 0) is 49.3 Å². The molecule has 1 amide bonds. The van der Waals surface area contributed by atoms with Gasteiger partial charge in [-0.3, -0.25) is 4.79 Å². The number of rotatable bonds is 3. The third kappa shape index (κ3) is 3.65. The van der Waals surface area contributed by atoms with Gasteiger partial charge in [0.25, 0.3) is 0 Å². The zero-order valence-corrected chi connectivity index (χ0v) is 12.7. The first-order valence-electron chi connectivity index (χ1n) is 8.06. The Morgan fingerprint density at radius 3 is 2.77 bits per heavy atom. The van der Waals surface area contributed by atoms with Crippen LogP contribution in [0.5, 0.6) is 0 Å². The van der Waals surface area contributed by atoms with Crippen molar-refractivity contribution in [3.05, 3.63) is 35.6 Å². The van der Waals surface area contributed by atoms with Crippen LogP contribution in [0.4, 0.5) is 4.39 Å². The van der Waals surface area contributed by atoms with Crippen molar-refractivity contribution in [1.29, 1.82) is 0 Å². The highest BCUT2D eigenvalue weighted by Crippen LogP contribution is 2.23. The molecule has 2 fully saturated rings. The van der Waals surface area contributed by atoms with E-state index < -0.39 is 6.10 Å². The lowest BCUT2D eigenvalue weighted by Gasteiger charge is -2.33. The number of nitrogens with one attached hydrogen (secondary N) is 1. The van der Waals surface area contributed by atoms with Crippen molar-refractivity contribution >= 4 is 5.91 Å². The number of carbonyl (C=O) groups excluding carboxylic acids is 1. The molecule has 2 heterocycles. The first-order valence-corrected chi connectivity index (χ1v) is 8.06. The number of hydrogen-bond donors (Lipinski definition) is 2. The Bertz CT molecular complexity index is 529. The highest BCUT2D eigenvalue weighted by atomic mass is 19.1. The highest BCUT2D eigenvalue weighted by molar-refractivity contribution is 5.82. The van der Waals surface area contributed by atoms with Crippen LogP contribution in [0.25, 0.3) is 0 Å². The highest BCUT2D eigenvalue weighted by Gasteiger charge is 2.33. The zero-order chi connectivity index (χ0) is 15.5. The first kappa shape index (κ1) is 15.4. The molecule has 0 bridgehead atoms. The van der Waals surface area contributed by atoms with Crippen LogP contribution in [0.2, 0.25) is 0 Å². The van der Waals surface area contributed by atoms with Crippen molar-refractivity contribution in [3.63, 3.8) is 0 Å². The Morgan fingerprint density at radius 2 is 2.14 bits per heavy atom. The van der Waals surface area contributed by atoms with Gasteiger partial charge in [-0.1, -0.05) is 12.1 Å². The minimum atomic E-state index is -0.403. The van der Waals surface area contributed by atoms with Gasteiger partial charge >= 0.3 is 0 Å². The number of carbonyl (C=O) groups is 1. The molecule has 1 aromatic carbocycles. The summed E-state index contributed by atoms with van der Waals surface area (Å²) < 4.78 is 13.2. The predicted molar refractivity (Wildman–Crippen MR) is 81.8 cm³/mol. The van der Waals surface area contributed by atoms with Crippen molar-refractivity contribution in [3.8, 4) is 0 Å². The fourth-order valence-corrected chi connectivity index (χ4v) is 3.48. The molecule has 120 valence electrons. The topological polar surface area (TPSA) is 52.6 Å². The van der Waals surface area contributed by atoms with E-state index in [-0.39, 0.29) is 17.8 Å². The number of likely N-dealkylation sites (tertiary alicyclic amines) is 1. The maximum atomic E-state index is 13.2. The lowest BCUT2D eigenvalue weighted by molar-refractivity contribution is -0.134. The van der Waals surface area contributed by atoms with E-state index in [9.17, 15) is 14.3 Å². The summed E-state index contributed by atoms with van der Waals surface area (Å²) in [5, 5.41) is 12.6. The minimum absolute atomic E-state index is 0.112. The predicted octanol–water partition coefficient (Wildman–Crippen LogP) is 1.33. The molecule has 2 N–H and O–H groups in total. The van der Waals surface area contributed by atoms with Crippen LogP contribution < -0.4 is 5.32 Å². The summed E-state index contributed by atoms with van der Waals surface area (Å²) in [6.07, 6.45) is 2.90. The average molecular weight is 306 g/mol. The largest absolute Gasteiger partial charge is 0.392 e. The Balaban J connectivity index is 1.49. The van der Waals surface area contributed by atoms with E-state index in [4.69, 9.17) is 0 Å². The van der Waals surface area contributed by atoms with Crippen LogP contribution in [0.15, 0.2) is 24.3 Å². The van der Waals surface area contributed by atoms with Crippen LogP contribution >= 0.6 is 0 Å². The molecule has 0 unspecified atom stereocenters. The molecule has 5 heteroatoms. The average Bonchev–Trinajstić information content (AvgIpc) is 2.94.